The van der Waals surface area contributed by atoms with Crippen LogP contribution in [0.3, 0.4) is 0 Å². The van der Waals surface area contributed by atoms with E-state index in [9.17, 15) is 14.9 Å². The Morgan fingerprint density at radius 2 is 1.93 bits per heavy atom. The molecule has 0 aliphatic carbocycles. The average molecular weight is 371 g/mol. The lowest BCUT2D eigenvalue weighted by molar-refractivity contribution is -0.394. The van der Waals surface area contributed by atoms with Crippen LogP contribution in [0.15, 0.2) is 36.7 Å². The number of hydrogen-bond donors (Lipinski definition) is 0. The number of ether oxygens (including phenoxy) is 2. The Bertz CT molecular complexity index is 994. The lowest BCUT2D eigenvalue weighted by Crippen LogP contribution is -2.27. The molecule has 2 aromatic heterocycles. The monoisotopic (exact) mass is 371 g/mol. The second-order valence-corrected chi connectivity index (χ2v) is 6.63. The zero-order chi connectivity index (χ0) is 19.6. The van der Waals surface area contributed by atoms with Gasteiger partial charge in [-0.3, -0.25) is 0 Å². The minimum absolute atomic E-state index is 0.0611. The molecule has 27 heavy (non-hydrogen) atoms. The Balaban J connectivity index is 2.00. The molecular formula is C17H17N5O5. The van der Waals surface area contributed by atoms with E-state index < -0.39 is 22.6 Å². The van der Waals surface area contributed by atoms with Crippen LogP contribution in [0.1, 0.15) is 26.3 Å². The van der Waals surface area contributed by atoms with Crippen LogP contribution in [0.25, 0.3) is 11.2 Å². The highest BCUT2D eigenvalue weighted by molar-refractivity contribution is 5.86. The number of imidazole rings is 1. The van der Waals surface area contributed by atoms with Crippen molar-refractivity contribution in [2.24, 2.45) is 0 Å². The Labute approximate surface area is 153 Å². The van der Waals surface area contributed by atoms with Gasteiger partial charge in [0, 0.05) is 0 Å². The summed E-state index contributed by atoms with van der Waals surface area (Å²) in [6.45, 7) is 5.24. The van der Waals surface area contributed by atoms with E-state index in [0.29, 0.717) is 0 Å². The Kier molecular flexibility index (Phi) is 4.72. The van der Waals surface area contributed by atoms with Crippen molar-refractivity contribution in [3.8, 4) is 5.88 Å². The summed E-state index contributed by atoms with van der Waals surface area (Å²) in [6, 6.07) is 9.22. The maximum absolute atomic E-state index is 12.3. The van der Waals surface area contributed by atoms with Gasteiger partial charge < -0.3 is 19.6 Å². The fourth-order valence-corrected chi connectivity index (χ4v) is 2.22. The van der Waals surface area contributed by atoms with E-state index >= 15 is 0 Å². The molecule has 1 aromatic carbocycles. The standard InChI is InChI=1S/C17H17N5O5/c1-17(2,3)27-16(23)21-10-18-12-13(21)19-15(22(24)25)20-14(12)26-9-11-7-5-4-6-8-11/h4-8,10H,9H2,1-3H3. The molecule has 0 fully saturated rings. The van der Waals surface area contributed by atoms with Crippen LogP contribution in [0.2, 0.25) is 0 Å². The highest BCUT2D eigenvalue weighted by atomic mass is 16.6. The highest BCUT2D eigenvalue weighted by Crippen LogP contribution is 2.25. The van der Waals surface area contributed by atoms with Crippen LogP contribution in [0.5, 0.6) is 5.88 Å². The zero-order valence-electron chi connectivity index (χ0n) is 14.9. The Morgan fingerprint density at radius 1 is 1.22 bits per heavy atom. The maximum Gasteiger partial charge on any atom is 0.474 e. The van der Waals surface area contributed by atoms with Crippen LogP contribution in [-0.4, -0.2) is 36.1 Å². The van der Waals surface area contributed by atoms with Crippen molar-refractivity contribution in [1.82, 2.24) is 19.5 Å². The molecule has 3 rings (SSSR count). The van der Waals surface area contributed by atoms with Gasteiger partial charge in [-0.05, 0) is 41.2 Å². The van der Waals surface area contributed by atoms with E-state index in [2.05, 4.69) is 15.0 Å². The Hall–Kier alpha value is -3.56. The summed E-state index contributed by atoms with van der Waals surface area (Å²) in [5.74, 6) is -0.784. The van der Waals surface area contributed by atoms with Crippen molar-refractivity contribution >= 4 is 23.2 Å². The third-order valence-corrected chi connectivity index (χ3v) is 3.32. The molecule has 3 aromatic rings. The van der Waals surface area contributed by atoms with Gasteiger partial charge in [-0.2, -0.15) is 0 Å². The van der Waals surface area contributed by atoms with Gasteiger partial charge in [0.15, 0.2) is 0 Å². The van der Waals surface area contributed by atoms with Crippen LogP contribution >= 0.6 is 0 Å². The van der Waals surface area contributed by atoms with Gasteiger partial charge in [0.1, 0.15) is 18.5 Å². The predicted molar refractivity (Wildman–Crippen MR) is 94.4 cm³/mol. The number of fused-ring (bicyclic) bond motifs is 1. The number of aromatic nitrogens is 4. The number of benzene rings is 1. The largest absolute Gasteiger partial charge is 0.474 e. The molecule has 0 saturated heterocycles. The molecule has 0 bridgehead atoms. The average Bonchev–Trinajstić information content (AvgIpc) is 3.03. The number of nitrogens with zero attached hydrogens (tertiary/aromatic N) is 5. The lowest BCUT2D eigenvalue weighted by Gasteiger charge is -2.18. The first-order valence-electron chi connectivity index (χ1n) is 8.04. The zero-order valence-corrected chi connectivity index (χ0v) is 14.9. The van der Waals surface area contributed by atoms with E-state index in [0.717, 1.165) is 10.1 Å². The number of hydrogen-bond acceptors (Lipinski definition) is 8. The van der Waals surface area contributed by atoms with Gasteiger partial charge in [-0.1, -0.05) is 30.3 Å². The molecule has 0 saturated carbocycles. The summed E-state index contributed by atoms with van der Waals surface area (Å²) < 4.78 is 11.9. The molecule has 0 aliphatic heterocycles. The molecule has 10 heteroatoms. The summed E-state index contributed by atoms with van der Waals surface area (Å²) in [7, 11) is 0. The fourth-order valence-electron chi connectivity index (χ4n) is 2.22. The summed E-state index contributed by atoms with van der Waals surface area (Å²) >= 11 is 0. The Morgan fingerprint density at radius 3 is 2.56 bits per heavy atom. The first-order chi connectivity index (χ1) is 12.7. The molecule has 10 nitrogen and oxygen atoms in total. The fraction of sp³-hybridized carbons (Fsp3) is 0.294. The number of carbonyl (C=O) groups excluding carboxylic acids is 1. The van der Waals surface area contributed by atoms with Crippen LogP contribution in [-0.2, 0) is 11.3 Å². The highest BCUT2D eigenvalue weighted by Gasteiger charge is 2.27. The molecule has 0 atom stereocenters. The summed E-state index contributed by atoms with van der Waals surface area (Å²) in [5, 5.41) is 11.2. The molecule has 0 spiro atoms. The van der Waals surface area contributed by atoms with Crippen molar-refractivity contribution < 1.29 is 19.2 Å². The first-order valence-corrected chi connectivity index (χ1v) is 8.04. The van der Waals surface area contributed by atoms with Gasteiger partial charge in [-0.15, -0.1) is 0 Å². The van der Waals surface area contributed by atoms with E-state index in [-0.39, 0.29) is 23.7 Å². The SMILES string of the molecule is CC(C)(C)OC(=O)n1cnc2c(OCc3ccccc3)nc([N+](=O)[O-])nc21. The van der Waals surface area contributed by atoms with E-state index in [1.165, 1.54) is 6.33 Å². The van der Waals surface area contributed by atoms with Crippen LogP contribution in [0.4, 0.5) is 10.7 Å². The molecule has 0 aliphatic rings. The van der Waals surface area contributed by atoms with Gasteiger partial charge >= 0.3 is 17.9 Å². The minimum Gasteiger partial charge on any atom is -0.459 e. The van der Waals surface area contributed by atoms with Crippen molar-refractivity contribution in [2.45, 2.75) is 33.0 Å². The number of nitro groups is 1. The van der Waals surface area contributed by atoms with E-state index in [4.69, 9.17) is 9.47 Å². The maximum atomic E-state index is 12.3. The van der Waals surface area contributed by atoms with Crippen molar-refractivity contribution in [3.63, 3.8) is 0 Å². The molecular weight excluding hydrogens is 354 g/mol. The van der Waals surface area contributed by atoms with Crippen molar-refractivity contribution in [3.05, 3.63) is 52.3 Å². The summed E-state index contributed by atoms with van der Waals surface area (Å²) in [5.41, 5.74) is 0.161. The van der Waals surface area contributed by atoms with Gasteiger partial charge in [0.25, 0.3) is 5.65 Å². The summed E-state index contributed by atoms with van der Waals surface area (Å²) in [4.78, 5) is 34.4. The molecule has 0 radical (unpaired) electrons. The number of carbonyl (C=O) groups is 1. The molecule has 140 valence electrons. The third-order valence-electron chi connectivity index (χ3n) is 3.32. The molecule has 0 amide bonds. The van der Waals surface area contributed by atoms with Crippen LogP contribution in [0, 0.1) is 10.1 Å². The normalized spacial score (nSPS) is 11.4. The van der Waals surface area contributed by atoms with Crippen molar-refractivity contribution in [2.75, 3.05) is 0 Å². The smallest absolute Gasteiger partial charge is 0.459 e. The third kappa shape index (κ3) is 4.17. The minimum atomic E-state index is -0.763. The predicted octanol–water partition coefficient (Wildman–Crippen LogP) is 3.10. The summed E-state index contributed by atoms with van der Waals surface area (Å²) in [6.07, 6.45) is 0.416. The van der Waals surface area contributed by atoms with Crippen LogP contribution < -0.4 is 4.74 Å². The van der Waals surface area contributed by atoms with E-state index in [1.54, 1.807) is 20.8 Å². The second kappa shape index (κ2) is 6.98. The molecule has 0 N–H and O–H groups in total. The topological polar surface area (TPSA) is 122 Å². The van der Waals surface area contributed by atoms with Gasteiger partial charge in [-0.25, -0.2) is 14.3 Å². The first kappa shape index (κ1) is 18.2. The van der Waals surface area contributed by atoms with E-state index in [1.807, 2.05) is 30.3 Å². The van der Waals surface area contributed by atoms with Gasteiger partial charge in [0.05, 0.1) is 0 Å². The van der Waals surface area contributed by atoms with Crippen molar-refractivity contribution in [1.29, 1.82) is 0 Å². The quantitative estimate of drug-likeness (QED) is 0.506. The molecule has 2 heterocycles. The lowest BCUT2D eigenvalue weighted by atomic mass is 10.2. The van der Waals surface area contributed by atoms with Gasteiger partial charge in [0.2, 0.25) is 5.52 Å². The second-order valence-electron chi connectivity index (χ2n) is 6.63. The number of rotatable bonds is 4. The molecule has 0 unspecified atom stereocenters.